The molecular formula is C15H25FN4O4S. The Hall–Kier alpha value is -0.940. The van der Waals surface area contributed by atoms with Crippen LogP contribution in [0.3, 0.4) is 0 Å². The molecule has 3 unspecified atom stereocenters. The van der Waals surface area contributed by atoms with E-state index in [-0.39, 0.29) is 13.2 Å². The van der Waals surface area contributed by atoms with Gasteiger partial charge in [0, 0.05) is 25.1 Å². The number of rotatable bonds is 6. The number of urea groups is 1. The first-order chi connectivity index (χ1) is 11.9. The number of halogens is 1. The Morgan fingerprint density at radius 3 is 2.96 bits per heavy atom. The number of nitrogens with one attached hydrogen (secondary N) is 1. The number of aliphatic hydroxyl groups excluding tert-OH is 1. The number of fused-ring (bicyclic) bond motifs is 1. The molecule has 0 aliphatic carbocycles. The summed E-state index contributed by atoms with van der Waals surface area (Å²) in [6.45, 7) is 2.05. The highest BCUT2D eigenvalue weighted by Crippen LogP contribution is 2.53. The molecule has 0 aromatic rings. The van der Waals surface area contributed by atoms with E-state index in [1.54, 1.807) is 6.92 Å². The smallest absolute Gasteiger partial charge is 0.322 e. The molecule has 2 fully saturated rings. The Morgan fingerprint density at radius 2 is 2.36 bits per heavy atom. The highest BCUT2D eigenvalue weighted by Gasteiger charge is 2.78. The SMILES string of the molecule is CCC(O)[C@@]1(C23C=NCN(O)C2(F)NC(=O)N3CCSC)CCCO1. The molecule has 4 atom stereocenters. The molecule has 0 aromatic heterocycles. The second kappa shape index (κ2) is 6.66. The van der Waals surface area contributed by atoms with E-state index >= 15 is 4.39 Å². The lowest BCUT2D eigenvalue weighted by Gasteiger charge is -2.55. The molecule has 0 aromatic carbocycles. The van der Waals surface area contributed by atoms with Crippen LogP contribution in [0.4, 0.5) is 9.18 Å². The fourth-order valence-electron chi connectivity index (χ4n) is 4.29. The van der Waals surface area contributed by atoms with Crippen molar-refractivity contribution in [1.29, 1.82) is 0 Å². The Balaban J connectivity index is 2.20. The number of hydroxylamine groups is 2. The van der Waals surface area contributed by atoms with Crippen molar-refractivity contribution in [2.75, 3.05) is 31.8 Å². The number of aliphatic hydroxyl groups is 1. The summed E-state index contributed by atoms with van der Waals surface area (Å²) in [6.07, 6.45) is 3.52. The lowest BCUT2D eigenvalue weighted by atomic mass is 9.69. The summed E-state index contributed by atoms with van der Waals surface area (Å²) in [7, 11) is 0. The quantitative estimate of drug-likeness (QED) is 0.593. The van der Waals surface area contributed by atoms with Gasteiger partial charge in [-0.3, -0.25) is 10.3 Å². The van der Waals surface area contributed by atoms with Crippen molar-refractivity contribution in [2.45, 2.75) is 49.3 Å². The van der Waals surface area contributed by atoms with E-state index in [9.17, 15) is 15.1 Å². The third-order valence-electron chi connectivity index (χ3n) is 5.44. The lowest BCUT2D eigenvalue weighted by Crippen LogP contribution is -2.80. The van der Waals surface area contributed by atoms with E-state index in [4.69, 9.17) is 4.74 Å². The maximum absolute atomic E-state index is 16.1. The molecule has 142 valence electrons. The number of hydrogen-bond donors (Lipinski definition) is 3. The predicted molar refractivity (Wildman–Crippen MR) is 91.4 cm³/mol. The second-order valence-corrected chi connectivity index (χ2v) is 7.57. The zero-order chi connectivity index (χ0) is 18.3. The zero-order valence-electron chi connectivity index (χ0n) is 14.4. The van der Waals surface area contributed by atoms with E-state index in [0.29, 0.717) is 36.7 Å². The van der Waals surface area contributed by atoms with Gasteiger partial charge in [-0.2, -0.15) is 16.2 Å². The zero-order valence-corrected chi connectivity index (χ0v) is 15.3. The minimum atomic E-state index is -2.63. The molecule has 3 N–H and O–H groups in total. The number of aliphatic imine (C=N–C) groups is 1. The second-order valence-electron chi connectivity index (χ2n) is 6.58. The van der Waals surface area contributed by atoms with Crippen LogP contribution in [0.5, 0.6) is 0 Å². The summed E-state index contributed by atoms with van der Waals surface area (Å²) >= 11 is 1.52. The minimum absolute atomic E-state index is 0.236. The summed E-state index contributed by atoms with van der Waals surface area (Å²) in [5.74, 6) is -2.06. The number of carbonyl (C=O) groups excluding carboxylic acids is 1. The molecule has 8 nitrogen and oxygen atoms in total. The molecular weight excluding hydrogens is 351 g/mol. The van der Waals surface area contributed by atoms with Crippen molar-refractivity contribution in [1.82, 2.24) is 15.3 Å². The van der Waals surface area contributed by atoms with Gasteiger partial charge in [0.15, 0.2) is 5.54 Å². The molecule has 0 bridgehead atoms. The van der Waals surface area contributed by atoms with Crippen LogP contribution < -0.4 is 5.32 Å². The van der Waals surface area contributed by atoms with Gasteiger partial charge in [0.05, 0.1) is 6.10 Å². The van der Waals surface area contributed by atoms with Crippen molar-refractivity contribution < 1.29 is 24.2 Å². The first kappa shape index (κ1) is 18.8. The highest BCUT2D eigenvalue weighted by atomic mass is 32.2. The molecule has 3 heterocycles. The summed E-state index contributed by atoms with van der Waals surface area (Å²) in [5, 5.41) is 23.7. The number of hydrogen-bond acceptors (Lipinski definition) is 7. The average molecular weight is 376 g/mol. The Bertz CT molecular complexity index is 562. The van der Waals surface area contributed by atoms with Gasteiger partial charge in [0.2, 0.25) is 0 Å². The molecule has 2 saturated heterocycles. The van der Waals surface area contributed by atoms with E-state index in [1.807, 2.05) is 6.26 Å². The van der Waals surface area contributed by atoms with Crippen LogP contribution in [0.25, 0.3) is 0 Å². The van der Waals surface area contributed by atoms with Crippen LogP contribution in [-0.2, 0) is 4.74 Å². The van der Waals surface area contributed by atoms with Crippen LogP contribution in [0.1, 0.15) is 26.2 Å². The van der Waals surface area contributed by atoms with Crippen molar-refractivity contribution in [2.24, 2.45) is 4.99 Å². The number of alkyl halides is 1. The topological polar surface area (TPSA) is 97.6 Å². The summed E-state index contributed by atoms with van der Waals surface area (Å²) in [5.41, 5.74) is -3.15. The Morgan fingerprint density at radius 1 is 1.60 bits per heavy atom. The molecule has 0 radical (unpaired) electrons. The summed E-state index contributed by atoms with van der Waals surface area (Å²) < 4.78 is 22.1. The molecule has 0 saturated carbocycles. The van der Waals surface area contributed by atoms with Gasteiger partial charge in [0.1, 0.15) is 12.3 Å². The van der Waals surface area contributed by atoms with E-state index in [0.717, 1.165) is 0 Å². The van der Waals surface area contributed by atoms with Gasteiger partial charge in [-0.25, -0.2) is 4.79 Å². The van der Waals surface area contributed by atoms with Crippen molar-refractivity contribution in [3.8, 4) is 0 Å². The largest absolute Gasteiger partial charge is 0.390 e. The van der Waals surface area contributed by atoms with Gasteiger partial charge < -0.3 is 20.0 Å². The third kappa shape index (κ3) is 2.34. The van der Waals surface area contributed by atoms with Crippen LogP contribution in [-0.4, -0.2) is 87.5 Å². The van der Waals surface area contributed by atoms with Crippen LogP contribution in [0, 0.1) is 0 Å². The normalized spacial score (nSPS) is 39.6. The molecule has 2 amide bonds. The number of nitrogens with zero attached hydrogens (tertiary/aromatic N) is 3. The van der Waals surface area contributed by atoms with E-state index in [1.165, 1.54) is 22.9 Å². The van der Waals surface area contributed by atoms with Crippen LogP contribution in [0.2, 0.25) is 0 Å². The molecule has 3 aliphatic heterocycles. The van der Waals surface area contributed by atoms with Gasteiger partial charge in [-0.1, -0.05) is 6.92 Å². The van der Waals surface area contributed by atoms with Crippen LogP contribution >= 0.6 is 11.8 Å². The molecule has 0 spiro atoms. The van der Waals surface area contributed by atoms with Crippen molar-refractivity contribution in [3.63, 3.8) is 0 Å². The fourth-order valence-corrected chi connectivity index (χ4v) is 4.66. The van der Waals surface area contributed by atoms with Gasteiger partial charge in [0.25, 0.3) is 5.92 Å². The molecule has 3 rings (SSSR count). The summed E-state index contributed by atoms with van der Waals surface area (Å²) in [6, 6.07) is -0.651. The first-order valence-electron chi connectivity index (χ1n) is 8.46. The standard InChI is InChI=1S/C15H25FN4O4S/c1-3-11(21)13(5-4-7-24-13)14-9-17-10-20(23)15(14,16)18-12(22)19(14)6-8-25-2/h9,11,21,23H,3-8,10H2,1-2H3,(H,18,22)/t11?,13-,14?,15?/m1/s1. The van der Waals surface area contributed by atoms with Gasteiger partial charge >= 0.3 is 6.03 Å². The number of thioether (sulfide) groups is 1. The summed E-state index contributed by atoms with van der Waals surface area (Å²) in [4.78, 5) is 18.1. The minimum Gasteiger partial charge on any atom is -0.390 e. The molecule has 10 heteroatoms. The van der Waals surface area contributed by atoms with Crippen molar-refractivity contribution in [3.05, 3.63) is 0 Å². The first-order valence-corrected chi connectivity index (χ1v) is 9.86. The Kier molecular flexibility index (Phi) is 5.02. The Labute approximate surface area is 150 Å². The van der Waals surface area contributed by atoms with E-state index < -0.39 is 29.2 Å². The third-order valence-corrected chi connectivity index (χ3v) is 6.03. The van der Waals surface area contributed by atoms with Gasteiger partial charge in [-0.05, 0) is 25.5 Å². The van der Waals surface area contributed by atoms with Crippen molar-refractivity contribution >= 4 is 24.0 Å². The highest BCUT2D eigenvalue weighted by molar-refractivity contribution is 7.98. The number of carbonyl (C=O) groups is 1. The van der Waals surface area contributed by atoms with Gasteiger partial charge in [-0.15, -0.1) is 5.06 Å². The number of amides is 2. The maximum Gasteiger partial charge on any atom is 0.322 e. The van der Waals surface area contributed by atoms with E-state index in [2.05, 4.69) is 10.3 Å². The molecule has 3 aliphatic rings. The lowest BCUT2D eigenvalue weighted by molar-refractivity contribution is -0.294. The predicted octanol–water partition coefficient (Wildman–Crippen LogP) is 0.790. The monoisotopic (exact) mass is 376 g/mol. The molecule has 25 heavy (non-hydrogen) atoms. The number of ether oxygens (including phenoxy) is 1. The average Bonchev–Trinajstić information content (AvgIpc) is 3.16. The fraction of sp³-hybridized carbons (Fsp3) is 0.867. The maximum atomic E-state index is 16.1. The van der Waals surface area contributed by atoms with Crippen LogP contribution in [0.15, 0.2) is 4.99 Å².